The highest BCUT2D eigenvalue weighted by atomic mass is 35.5. The molecule has 3 rings (SSSR count). The monoisotopic (exact) mass is 367 g/mol. The van der Waals surface area contributed by atoms with Gasteiger partial charge in [-0.15, -0.1) is 0 Å². The van der Waals surface area contributed by atoms with Crippen LogP contribution in [0.1, 0.15) is 20.7 Å². The normalized spacial score (nSPS) is 10.3. The van der Waals surface area contributed by atoms with Crippen LogP contribution < -0.4 is 11.0 Å². The van der Waals surface area contributed by atoms with Gasteiger partial charge in [0.15, 0.2) is 5.78 Å². The molecule has 0 bridgehead atoms. The second-order valence-corrected chi connectivity index (χ2v) is 5.94. The van der Waals surface area contributed by atoms with Gasteiger partial charge in [-0.1, -0.05) is 29.8 Å². The van der Waals surface area contributed by atoms with Gasteiger partial charge in [0.25, 0.3) is 5.91 Å². The summed E-state index contributed by atoms with van der Waals surface area (Å²) < 4.78 is 1.15. The standard InChI is InChI=1S/C19H14ClN3O3/c20-15-10-21-19(26)23(11-15)12-17(24)13-6-8-16(9-7-13)22-18(25)14-4-2-1-3-5-14/h1-11H,12H2,(H,22,25). The first kappa shape index (κ1) is 17.6. The number of aromatic nitrogens is 2. The van der Waals surface area contributed by atoms with Crippen LogP contribution in [0.5, 0.6) is 0 Å². The zero-order valence-corrected chi connectivity index (χ0v) is 14.3. The summed E-state index contributed by atoms with van der Waals surface area (Å²) in [6.45, 7) is -0.165. The van der Waals surface area contributed by atoms with Gasteiger partial charge < -0.3 is 5.32 Å². The SMILES string of the molecule is O=C(Cn1cc(Cl)cnc1=O)c1ccc(NC(=O)c2ccccc2)cc1. The van der Waals surface area contributed by atoms with E-state index in [0.29, 0.717) is 16.8 Å². The number of carbonyl (C=O) groups is 2. The number of hydrogen-bond donors (Lipinski definition) is 1. The highest BCUT2D eigenvalue weighted by molar-refractivity contribution is 6.30. The van der Waals surface area contributed by atoms with Gasteiger partial charge in [-0.05, 0) is 36.4 Å². The lowest BCUT2D eigenvalue weighted by Gasteiger charge is -2.07. The molecule has 1 N–H and O–H groups in total. The molecule has 1 amide bonds. The number of Topliss-reactive ketones (excluding diaryl/α,β-unsaturated/α-hetero) is 1. The summed E-state index contributed by atoms with van der Waals surface area (Å²) in [4.78, 5) is 39.6. The molecule has 1 aromatic heterocycles. The predicted molar refractivity (Wildman–Crippen MR) is 98.7 cm³/mol. The van der Waals surface area contributed by atoms with Crippen LogP contribution in [-0.4, -0.2) is 21.2 Å². The Morgan fingerprint density at radius 1 is 1.00 bits per heavy atom. The summed E-state index contributed by atoms with van der Waals surface area (Å²) in [7, 11) is 0. The molecule has 6 nitrogen and oxygen atoms in total. The Morgan fingerprint density at radius 3 is 2.38 bits per heavy atom. The third-order valence-electron chi connectivity index (χ3n) is 3.64. The van der Waals surface area contributed by atoms with E-state index in [2.05, 4.69) is 10.3 Å². The number of ketones is 1. The minimum atomic E-state index is -0.547. The number of carbonyl (C=O) groups excluding carboxylic acids is 2. The quantitative estimate of drug-likeness (QED) is 0.703. The zero-order valence-electron chi connectivity index (χ0n) is 13.6. The Bertz CT molecular complexity index is 999. The van der Waals surface area contributed by atoms with Crippen molar-refractivity contribution in [3.05, 3.63) is 93.6 Å². The maximum absolute atomic E-state index is 12.3. The van der Waals surface area contributed by atoms with E-state index in [1.54, 1.807) is 48.5 Å². The molecule has 0 fully saturated rings. The second kappa shape index (κ2) is 7.76. The molecule has 2 aromatic carbocycles. The maximum atomic E-state index is 12.3. The molecule has 0 aliphatic heterocycles. The Hall–Kier alpha value is -3.25. The van der Waals surface area contributed by atoms with Gasteiger partial charge in [0.1, 0.15) is 0 Å². The molecule has 130 valence electrons. The van der Waals surface area contributed by atoms with E-state index in [4.69, 9.17) is 11.6 Å². The van der Waals surface area contributed by atoms with E-state index < -0.39 is 5.69 Å². The topological polar surface area (TPSA) is 81.1 Å². The maximum Gasteiger partial charge on any atom is 0.348 e. The van der Waals surface area contributed by atoms with Gasteiger partial charge in [0.05, 0.1) is 17.8 Å². The molecule has 3 aromatic rings. The van der Waals surface area contributed by atoms with E-state index in [9.17, 15) is 14.4 Å². The Balaban J connectivity index is 1.69. The molecule has 0 saturated carbocycles. The summed E-state index contributed by atoms with van der Waals surface area (Å²) in [6, 6.07) is 15.3. The van der Waals surface area contributed by atoms with Gasteiger partial charge >= 0.3 is 5.69 Å². The summed E-state index contributed by atoms with van der Waals surface area (Å²) in [6.07, 6.45) is 2.60. The van der Waals surface area contributed by atoms with Crippen LogP contribution in [0.2, 0.25) is 5.02 Å². The van der Waals surface area contributed by atoms with Crippen LogP contribution in [0.25, 0.3) is 0 Å². The van der Waals surface area contributed by atoms with Crippen molar-refractivity contribution >= 4 is 29.0 Å². The van der Waals surface area contributed by atoms with Crippen molar-refractivity contribution in [2.45, 2.75) is 6.54 Å². The number of halogens is 1. The Kier molecular flexibility index (Phi) is 5.24. The molecule has 7 heteroatoms. The number of anilines is 1. The molecule has 0 unspecified atom stereocenters. The van der Waals surface area contributed by atoms with Crippen LogP contribution >= 0.6 is 11.6 Å². The highest BCUT2D eigenvalue weighted by Gasteiger charge is 2.10. The number of hydrogen-bond acceptors (Lipinski definition) is 4. The van der Waals surface area contributed by atoms with E-state index in [1.165, 1.54) is 12.4 Å². The number of amides is 1. The van der Waals surface area contributed by atoms with Crippen molar-refractivity contribution in [2.24, 2.45) is 0 Å². The third-order valence-corrected chi connectivity index (χ3v) is 3.83. The number of rotatable bonds is 5. The fourth-order valence-corrected chi connectivity index (χ4v) is 2.49. The fraction of sp³-hybridized carbons (Fsp3) is 0.0526. The van der Waals surface area contributed by atoms with E-state index in [-0.39, 0.29) is 23.3 Å². The van der Waals surface area contributed by atoms with Crippen LogP contribution in [0.3, 0.4) is 0 Å². The predicted octanol–water partition coefficient (Wildman–Crippen LogP) is 3.03. The molecule has 0 saturated heterocycles. The molecule has 0 atom stereocenters. The Labute approximate surface area is 154 Å². The molecular weight excluding hydrogens is 354 g/mol. The minimum absolute atomic E-state index is 0.165. The van der Waals surface area contributed by atoms with Crippen molar-refractivity contribution in [1.82, 2.24) is 9.55 Å². The molecular formula is C19H14ClN3O3. The van der Waals surface area contributed by atoms with Crippen molar-refractivity contribution < 1.29 is 9.59 Å². The lowest BCUT2D eigenvalue weighted by atomic mass is 10.1. The third kappa shape index (κ3) is 4.23. The lowest BCUT2D eigenvalue weighted by molar-refractivity contribution is 0.0969. The van der Waals surface area contributed by atoms with Gasteiger partial charge in [-0.3, -0.25) is 14.2 Å². The van der Waals surface area contributed by atoms with Crippen LogP contribution in [-0.2, 0) is 6.54 Å². The molecule has 0 spiro atoms. The molecule has 1 heterocycles. The van der Waals surface area contributed by atoms with Gasteiger partial charge in [-0.2, -0.15) is 0 Å². The number of nitrogens with zero attached hydrogens (tertiary/aromatic N) is 2. The van der Waals surface area contributed by atoms with E-state index in [0.717, 1.165) is 4.57 Å². The highest BCUT2D eigenvalue weighted by Crippen LogP contribution is 2.13. The Morgan fingerprint density at radius 2 is 1.69 bits per heavy atom. The first-order chi connectivity index (χ1) is 12.5. The summed E-state index contributed by atoms with van der Waals surface area (Å²) >= 11 is 5.79. The van der Waals surface area contributed by atoms with Crippen LogP contribution in [0, 0.1) is 0 Å². The first-order valence-electron chi connectivity index (χ1n) is 7.74. The van der Waals surface area contributed by atoms with Crippen LogP contribution in [0.4, 0.5) is 5.69 Å². The number of nitrogens with one attached hydrogen (secondary N) is 1. The molecule has 26 heavy (non-hydrogen) atoms. The average molecular weight is 368 g/mol. The van der Waals surface area contributed by atoms with Crippen molar-refractivity contribution in [3.63, 3.8) is 0 Å². The van der Waals surface area contributed by atoms with E-state index in [1.807, 2.05) is 6.07 Å². The van der Waals surface area contributed by atoms with Gasteiger partial charge in [0.2, 0.25) is 0 Å². The number of benzene rings is 2. The fourth-order valence-electron chi connectivity index (χ4n) is 2.32. The van der Waals surface area contributed by atoms with Crippen molar-refractivity contribution in [3.8, 4) is 0 Å². The largest absolute Gasteiger partial charge is 0.348 e. The average Bonchev–Trinajstić information content (AvgIpc) is 2.66. The molecule has 0 aliphatic rings. The second-order valence-electron chi connectivity index (χ2n) is 5.50. The first-order valence-corrected chi connectivity index (χ1v) is 8.12. The van der Waals surface area contributed by atoms with Gasteiger partial charge in [0, 0.05) is 23.0 Å². The molecule has 0 aliphatic carbocycles. The van der Waals surface area contributed by atoms with E-state index >= 15 is 0 Å². The molecule has 0 radical (unpaired) electrons. The van der Waals surface area contributed by atoms with Crippen LogP contribution in [0.15, 0.2) is 71.8 Å². The van der Waals surface area contributed by atoms with Gasteiger partial charge in [-0.25, -0.2) is 9.78 Å². The summed E-state index contributed by atoms with van der Waals surface area (Å²) in [5, 5.41) is 3.03. The zero-order chi connectivity index (χ0) is 18.5. The minimum Gasteiger partial charge on any atom is -0.322 e. The summed E-state index contributed by atoms with van der Waals surface area (Å²) in [5.41, 5.74) is 0.974. The summed E-state index contributed by atoms with van der Waals surface area (Å²) in [5.74, 6) is -0.502. The van der Waals surface area contributed by atoms with Crippen molar-refractivity contribution in [2.75, 3.05) is 5.32 Å². The smallest absolute Gasteiger partial charge is 0.322 e. The lowest BCUT2D eigenvalue weighted by Crippen LogP contribution is -2.25. The van der Waals surface area contributed by atoms with Crippen molar-refractivity contribution in [1.29, 1.82) is 0 Å².